The first-order valence-electron chi connectivity index (χ1n) is 6.95. The minimum atomic E-state index is -4.44. The number of rotatable bonds is 4. The summed E-state index contributed by atoms with van der Waals surface area (Å²) in [5, 5.41) is 5.06. The standard InChI is InChI=1S/C15H13ClF3N5O/c1-8(25)22-14-23-12(16)11(13(20-2)24-14)21-7-9-4-3-5-10(6-9)15(17,18)19/h3-7H,1-2H3,(H2,20,22,23,24,25). The molecule has 132 valence electrons. The summed E-state index contributed by atoms with van der Waals surface area (Å²) >= 11 is 6.03. The van der Waals surface area contributed by atoms with Gasteiger partial charge in [0.1, 0.15) is 5.69 Å². The largest absolute Gasteiger partial charge is 0.416 e. The van der Waals surface area contributed by atoms with Crippen molar-refractivity contribution in [1.82, 2.24) is 9.97 Å². The molecule has 1 heterocycles. The SMILES string of the molecule is CNc1nc(NC(C)=O)nc(Cl)c1N=Cc1cccc(C(F)(F)F)c1. The summed E-state index contributed by atoms with van der Waals surface area (Å²) in [5.41, 5.74) is -0.414. The Balaban J connectivity index is 2.36. The Labute approximate surface area is 146 Å². The predicted molar refractivity (Wildman–Crippen MR) is 89.6 cm³/mol. The summed E-state index contributed by atoms with van der Waals surface area (Å²) in [6, 6.07) is 4.68. The molecule has 1 aromatic carbocycles. The third kappa shape index (κ3) is 4.90. The second-order valence-corrected chi connectivity index (χ2v) is 5.21. The van der Waals surface area contributed by atoms with E-state index >= 15 is 0 Å². The number of nitrogens with zero attached hydrogens (tertiary/aromatic N) is 3. The molecule has 0 fully saturated rings. The van der Waals surface area contributed by atoms with Gasteiger partial charge in [-0.2, -0.15) is 23.1 Å². The highest BCUT2D eigenvalue weighted by atomic mass is 35.5. The molecule has 0 saturated heterocycles. The summed E-state index contributed by atoms with van der Waals surface area (Å²) in [6.07, 6.45) is -3.22. The predicted octanol–water partition coefficient (Wildman–Crippen LogP) is 3.90. The van der Waals surface area contributed by atoms with E-state index in [1.807, 2.05) is 0 Å². The quantitative estimate of drug-likeness (QED) is 0.631. The van der Waals surface area contributed by atoms with Gasteiger partial charge in [0, 0.05) is 20.2 Å². The van der Waals surface area contributed by atoms with E-state index in [9.17, 15) is 18.0 Å². The Bertz CT molecular complexity index is 823. The van der Waals surface area contributed by atoms with Crippen LogP contribution in [0.5, 0.6) is 0 Å². The number of aliphatic imine (C=N–C) groups is 1. The fourth-order valence-corrected chi connectivity index (χ4v) is 2.08. The fourth-order valence-electron chi connectivity index (χ4n) is 1.86. The fraction of sp³-hybridized carbons (Fsp3) is 0.200. The number of halogens is 4. The molecule has 2 rings (SSSR count). The number of hydrogen-bond donors (Lipinski definition) is 2. The van der Waals surface area contributed by atoms with E-state index in [1.54, 1.807) is 7.05 Å². The highest BCUT2D eigenvalue weighted by Gasteiger charge is 2.30. The van der Waals surface area contributed by atoms with Crippen LogP contribution >= 0.6 is 11.6 Å². The van der Waals surface area contributed by atoms with Gasteiger partial charge in [-0.25, -0.2) is 4.99 Å². The lowest BCUT2D eigenvalue weighted by atomic mass is 10.1. The molecule has 0 radical (unpaired) electrons. The van der Waals surface area contributed by atoms with Crippen molar-refractivity contribution >= 4 is 41.2 Å². The highest BCUT2D eigenvalue weighted by molar-refractivity contribution is 6.32. The summed E-state index contributed by atoms with van der Waals surface area (Å²) < 4.78 is 38.2. The minimum Gasteiger partial charge on any atom is -0.371 e. The molecule has 0 aliphatic rings. The highest BCUT2D eigenvalue weighted by Crippen LogP contribution is 2.32. The molecule has 0 aliphatic carbocycles. The minimum absolute atomic E-state index is 0.0140. The van der Waals surface area contributed by atoms with Gasteiger partial charge < -0.3 is 5.32 Å². The van der Waals surface area contributed by atoms with E-state index in [1.165, 1.54) is 25.3 Å². The first-order chi connectivity index (χ1) is 11.7. The number of aromatic nitrogens is 2. The van der Waals surface area contributed by atoms with Crippen molar-refractivity contribution in [2.45, 2.75) is 13.1 Å². The first-order valence-corrected chi connectivity index (χ1v) is 7.32. The number of alkyl halides is 3. The van der Waals surface area contributed by atoms with Crippen molar-refractivity contribution < 1.29 is 18.0 Å². The molecule has 6 nitrogen and oxygen atoms in total. The molecule has 25 heavy (non-hydrogen) atoms. The molecular weight excluding hydrogens is 359 g/mol. The summed E-state index contributed by atoms with van der Waals surface area (Å²) in [5.74, 6) is -0.176. The monoisotopic (exact) mass is 371 g/mol. The van der Waals surface area contributed by atoms with E-state index in [2.05, 4.69) is 25.6 Å². The molecule has 0 aliphatic heterocycles. The van der Waals surface area contributed by atoms with E-state index in [4.69, 9.17) is 11.6 Å². The third-order valence-electron chi connectivity index (χ3n) is 2.92. The molecule has 10 heteroatoms. The topological polar surface area (TPSA) is 79.3 Å². The van der Waals surface area contributed by atoms with Gasteiger partial charge in [0.15, 0.2) is 11.0 Å². The second-order valence-electron chi connectivity index (χ2n) is 4.85. The van der Waals surface area contributed by atoms with E-state index < -0.39 is 11.7 Å². The number of nitrogens with one attached hydrogen (secondary N) is 2. The Morgan fingerprint density at radius 1 is 1.32 bits per heavy atom. The van der Waals surface area contributed by atoms with Crippen LogP contribution in [0.2, 0.25) is 5.15 Å². The van der Waals surface area contributed by atoms with Crippen LogP contribution in [-0.2, 0) is 11.0 Å². The van der Waals surface area contributed by atoms with Gasteiger partial charge in [-0.15, -0.1) is 0 Å². The molecule has 0 unspecified atom stereocenters. The number of benzene rings is 1. The molecule has 1 aromatic heterocycles. The summed E-state index contributed by atoms with van der Waals surface area (Å²) in [4.78, 5) is 23.0. The van der Waals surface area contributed by atoms with Crippen LogP contribution in [0, 0.1) is 0 Å². The molecular formula is C15H13ClF3N5O. The Morgan fingerprint density at radius 2 is 2.04 bits per heavy atom. The van der Waals surface area contributed by atoms with Crippen LogP contribution in [0.15, 0.2) is 29.3 Å². The number of amides is 1. The Kier molecular flexibility index (Phi) is 5.58. The van der Waals surface area contributed by atoms with Gasteiger partial charge in [0.25, 0.3) is 0 Å². The van der Waals surface area contributed by atoms with Gasteiger partial charge in [-0.3, -0.25) is 10.1 Å². The number of carbonyl (C=O) groups excluding carboxylic acids is 1. The van der Waals surface area contributed by atoms with Crippen LogP contribution < -0.4 is 10.6 Å². The average Bonchev–Trinajstić information content (AvgIpc) is 2.52. The lowest BCUT2D eigenvalue weighted by molar-refractivity contribution is -0.137. The lowest BCUT2D eigenvalue weighted by Gasteiger charge is -2.09. The number of carbonyl (C=O) groups is 1. The zero-order valence-electron chi connectivity index (χ0n) is 13.1. The van der Waals surface area contributed by atoms with E-state index in [0.717, 1.165) is 12.1 Å². The third-order valence-corrected chi connectivity index (χ3v) is 3.19. The van der Waals surface area contributed by atoms with E-state index in [-0.39, 0.29) is 34.1 Å². The molecule has 2 N–H and O–H groups in total. The number of anilines is 2. The molecule has 2 aromatic rings. The number of hydrogen-bond acceptors (Lipinski definition) is 5. The van der Waals surface area contributed by atoms with Crippen LogP contribution in [0.1, 0.15) is 18.1 Å². The van der Waals surface area contributed by atoms with Crippen molar-refractivity contribution in [2.24, 2.45) is 4.99 Å². The Morgan fingerprint density at radius 3 is 2.64 bits per heavy atom. The molecule has 1 amide bonds. The normalized spacial score (nSPS) is 11.6. The van der Waals surface area contributed by atoms with Gasteiger partial charge in [0.05, 0.1) is 5.56 Å². The van der Waals surface area contributed by atoms with Crippen LogP contribution in [0.3, 0.4) is 0 Å². The van der Waals surface area contributed by atoms with Crippen LogP contribution in [0.4, 0.5) is 30.6 Å². The molecule has 0 atom stereocenters. The first kappa shape index (κ1) is 18.7. The Hall–Kier alpha value is -2.68. The van der Waals surface area contributed by atoms with Crippen molar-refractivity contribution in [3.05, 3.63) is 40.5 Å². The lowest BCUT2D eigenvalue weighted by Crippen LogP contribution is -2.10. The van der Waals surface area contributed by atoms with Crippen molar-refractivity contribution in [3.63, 3.8) is 0 Å². The maximum atomic E-state index is 12.7. The summed E-state index contributed by atoms with van der Waals surface area (Å²) in [7, 11) is 1.56. The summed E-state index contributed by atoms with van der Waals surface area (Å²) in [6.45, 7) is 1.29. The maximum Gasteiger partial charge on any atom is 0.416 e. The van der Waals surface area contributed by atoms with Gasteiger partial charge in [-0.1, -0.05) is 23.7 Å². The zero-order valence-corrected chi connectivity index (χ0v) is 13.9. The van der Waals surface area contributed by atoms with Crippen molar-refractivity contribution in [1.29, 1.82) is 0 Å². The van der Waals surface area contributed by atoms with Gasteiger partial charge in [-0.05, 0) is 17.7 Å². The maximum absolute atomic E-state index is 12.7. The van der Waals surface area contributed by atoms with Crippen LogP contribution in [0.25, 0.3) is 0 Å². The molecule has 0 saturated carbocycles. The van der Waals surface area contributed by atoms with Crippen LogP contribution in [-0.4, -0.2) is 29.1 Å². The second kappa shape index (κ2) is 7.47. The smallest absolute Gasteiger partial charge is 0.371 e. The van der Waals surface area contributed by atoms with Gasteiger partial charge >= 0.3 is 6.18 Å². The molecule has 0 bridgehead atoms. The van der Waals surface area contributed by atoms with Crippen molar-refractivity contribution in [2.75, 3.05) is 17.7 Å². The zero-order chi connectivity index (χ0) is 18.6. The van der Waals surface area contributed by atoms with E-state index in [0.29, 0.717) is 0 Å². The van der Waals surface area contributed by atoms with Crippen molar-refractivity contribution in [3.8, 4) is 0 Å². The average molecular weight is 372 g/mol. The molecule has 0 spiro atoms. The van der Waals surface area contributed by atoms with Gasteiger partial charge in [0.2, 0.25) is 11.9 Å².